The molecular weight excluding hydrogens is 422 g/mol. The Balaban J connectivity index is 1.59. The van der Waals surface area contributed by atoms with Crippen molar-refractivity contribution in [1.82, 2.24) is 5.32 Å². The Morgan fingerprint density at radius 2 is 1.77 bits per heavy atom. The van der Waals surface area contributed by atoms with Gasteiger partial charge in [-0.1, -0.05) is 30.3 Å². The summed E-state index contributed by atoms with van der Waals surface area (Å²) in [7, 11) is -3.74. The summed E-state index contributed by atoms with van der Waals surface area (Å²) in [5, 5.41) is 7.22. The Morgan fingerprint density at radius 3 is 2.47 bits per heavy atom. The fraction of sp³-hybridized carbons (Fsp3) is 0.143. The Morgan fingerprint density at radius 1 is 1.00 bits per heavy atom. The summed E-state index contributed by atoms with van der Waals surface area (Å²) in [6.07, 6.45) is 0.0933. The third kappa shape index (κ3) is 5.68. The van der Waals surface area contributed by atoms with Gasteiger partial charge >= 0.3 is 0 Å². The van der Waals surface area contributed by atoms with E-state index < -0.39 is 10.0 Å². The molecule has 2 aromatic carbocycles. The number of nitrogens with one attached hydrogen (secondary N) is 3. The van der Waals surface area contributed by atoms with Crippen molar-refractivity contribution >= 4 is 44.5 Å². The zero-order valence-corrected chi connectivity index (χ0v) is 17.8. The van der Waals surface area contributed by atoms with Crippen LogP contribution >= 0.6 is 11.3 Å². The molecule has 3 aromatic rings. The first-order valence-corrected chi connectivity index (χ1v) is 11.5. The van der Waals surface area contributed by atoms with Gasteiger partial charge in [-0.3, -0.25) is 14.3 Å². The monoisotopic (exact) mass is 443 g/mol. The van der Waals surface area contributed by atoms with Crippen LogP contribution in [0.3, 0.4) is 0 Å². The molecule has 0 saturated heterocycles. The average Bonchev–Trinajstić information content (AvgIpc) is 3.26. The molecule has 0 radical (unpaired) electrons. The SMILES string of the molecule is Cc1ccc(NC(=O)CCNC(=O)c2cccs2)cc1NS(=O)(=O)c1ccccc1. The summed E-state index contributed by atoms with van der Waals surface area (Å²) in [5.41, 5.74) is 1.55. The van der Waals surface area contributed by atoms with Crippen LogP contribution in [0.15, 0.2) is 70.9 Å². The van der Waals surface area contributed by atoms with Crippen LogP contribution in [-0.4, -0.2) is 26.8 Å². The standard InChI is InChI=1S/C21H21N3O4S2/c1-15-9-10-16(14-18(15)24-30(27,28)17-6-3-2-4-7-17)23-20(25)11-12-22-21(26)19-8-5-13-29-19/h2-10,13-14,24H,11-12H2,1H3,(H,22,26)(H,23,25). The molecule has 1 aromatic heterocycles. The first-order valence-electron chi connectivity index (χ1n) is 9.15. The second kappa shape index (κ2) is 9.55. The van der Waals surface area contributed by atoms with Gasteiger partial charge in [-0.25, -0.2) is 8.42 Å². The van der Waals surface area contributed by atoms with Crippen LogP contribution in [0.4, 0.5) is 11.4 Å². The molecule has 30 heavy (non-hydrogen) atoms. The van der Waals surface area contributed by atoms with Gasteiger partial charge in [0.05, 0.1) is 15.5 Å². The number of anilines is 2. The number of hydrogen-bond acceptors (Lipinski definition) is 5. The number of aryl methyl sites for hydroxylation is 1. The van der Waals surface area contributed by atoms with E-state index >= 15 is 0 Å². The highest BCUT2D eigenvalue weighted by Gasteiger charge is 2.15. The van der Waals surface area contributed by atoms with Crippen molar-refractivity contribution in [1.29, 1.82) is 0 Å². The van der Waals surface area contributed by atoms with E-state index in [1.54, 1.807) is 55.5 Å². The highest BCUT2D eigenvalue weighted by molar-refractivity contribution is 7.92. The van der Waals surface area contributed by atoms with Crippen molar-refractivity contribution in [3.05, 3.63) is 76.5 Å². The first-order chi connectivity index (χ1) is 14.3. The maximum atomic E-state index is 12.6. The largest absolute Gasteiger partial charge is 0.351 e. The minimum Gasteiger partial charge on any atom is -0.351 e. The fourth-order valence-electron chi connectivity index (χ4n) is 2.62. The Kier molecular flexibility index (Phi) is 6.86. The molecule has 3 N–H and O–H groups in total. The van der Waals surface area contributed by atoms with Crippen molar-refractivity contribution in [3.63, 3.8) is 0 Å². The third-order valence-electron chi connectivity index (χ3n) is 4.20. The smallest absolute Gasteiger partial charge is 0.261 e. The molecule has 9 heteroatoms. The fourth-order valence-corrected chi connectivity index (χ4v) is 4.40. The lowest BCUT2D eigenvalue weighted by Crippen LogP contribution is -2.27. The summed E-state index contributed by atoms with van der Waals surface area (Å²) >= 11 is 1.33. The van der Waals surface area contributed by atoms with E-state index in [2.05, 4.69) is 15.4 Å². The number of carbonyl (C=O) groups is 2. The highest BCUT2D eigenvalue weighted by Crippen LogP contribution is 2.23. The van der Waals surface area contributed by atoms with E-state index in [1.165, 1.54) is 23.5 Å². The number of rotatable bonds is 8. The van der Waals surface area contributed by atoms with Crippen LogP contribution in [0.5, 0.6) is 0 Å². The highest BCUT2D eigenvalue weighted by atomic mass is 32.2. The zero-order valence-electron chi connectivity index (χ0n) is 16.2. The number of sulfonamides is 1. The maximum absolute atomic E-state index is 12.6. The molecule has 0 saturated carbocycles. The van der Waals surface area contributed by atoms with Crippen LogP contribution in [0, 0.1) is 6.92 Å². The van der Waals surface area contributed by atoms with Gasteiger partial charge in [0.2, 0.25) is 5.91 Å². The molecule has 0 aliphatic heterocycles. The van der Waals surface area contributed by atoms with E-state index in [0.29, 0.717) is 16.3 Å². The summed E-state index contributed by atoms with van der Waals surface area (Å²) in [6.45, 7) is 1.97. The van der Waals surface area contributed by atoms with Gasteiger partial charge in [0.1, 0.15) is 0 Å². The number of hydrogen-bond donors (Lipinski definition) is 3. The summed E-state index contributed by atoms with van der Waals surface area (Å²) in [5.74, 6) is -0.507. The molecule has 0 atom stereocenters. The van der Waals surface area contributed by atoms with Crippen molar-refractivity contribution in [2.45, 2.75) is 18.2 Å². The zero-order chi connectivity index (χ0) is 21.6. The normalized spacial score (nSPS) is 11.0. The average molecular weight is 444 g/mol. The molecular formula is C21H21N3O4S2. The lowest BCUT2D eigenvalue weighted by molar-refractivity contribution is -0.116. The minimum atomic E-state index is -3.74. The van der Waals surface area contributed by atoms with Crippen LogP contribution in [0.25, 0.3) is 0 Å². The van der Waals surface area contributed by atoms with Crippen LogP contribution in [-0.2, 0) is 14.8 Å². The molecule has 156 valence electrons. The van der Waals surface area contributed by atoms with E-state index in [0.717, 1.165) is 5.56 Å². The number of carbonyl (C=O) groups excluding carboxylic acids is 2. The van der Waals surface area contributed by atoms with E-state index in [4.69, 9.17) is 0 Å². The van der Waals surface area contributed by atoms with Crippen molar-refractivity contribution in [3.8, 4) is 0 Å². The minimum absolute atomic E-state index is 0.0933. The Bertz CT molecular complexity index is 1130. The first kappa shape index (κ1) is 21.5. The lowest BCUT2D eigenvalue weighted by Gasteiger charge is -2.13. The predicted molar refractivity (Wildman–Crippen MR) is 118 cm³/mol. The van der Waals surface area contributed by atoms with Crippen LogP contribution in [0.1, 0.15) is 21.7 Å². The second-order valence-corrected chi connectivity index (χ2v) is 9.11. The van der Waals surface area contributed by atoms with E-state index in [9.17, 15) is 18.0 Å². The van der Waals surface area contributed by atoms with Gasteiger partial charge in [0, 0.05) is 18.7 Å². The molecule has 7 nitrogen and oxygen atoms in total. The quantitative estimate of drug-likeness (QED) is 0.495. The predicted octanol–water partition coefficient (Wildman–Crippen LogP) is 3.62. The molecule has 0 spiro atoms. The van der Waals surface area contributed by atoms with Gasteiger partial charge < -0.3 is 10.6 Å². The van der Waals surface area contributed by atoms with Gasteiger partial charge in [-0.15, -0.1) is 11.3 Å². The number of benzene rings is 2. The molecule has 0 bridgehead atoms. The summed E-state index contributed by atoms with van der Waals surface area (Å²) < 4.78 is 27.7. The van der Waals surface area contributed by atoms with Crippen LogP contribution < -0.4 is 15.4 Å². The molecule has 0 fully saturated rings. The van der Waals surface area contributed by atoms with Crippen molar-refractivity contribution < 1.29 is 18.0 Å². The van der Waals surface area contributed by atoms with Gasteiger partial charge in [-0.05, 0) is 48.2 Å². The van der Waals surface area contributed by atoms with Gasteiger partial charge in [0.25, 0.3) is 15.9 Å². The van der Waals surface area contributed by atoms with Crippen molar-refractivity contribution in [2.75, 3.05) is 16.6 Å². The van der Waals surface area contributed by atoms with E-state index in [1.807, 2.05) is 5.38 Å². The Hall–Kier alpha value is -3.17. The lowest BCUT2D eigenvalue weighted by atomic mass is 10.2. The second-order valence-electron chi connectivity index (χ2n) is 6.48. The summed E-state index contributed by atoms with van der Waals surface area (Å²) in [6, 6.07) is 16.5. The van der Waals surface area contributed by atoms with E-state index in [-0.39, 0.29) is 29.7 Å². The molecule has 0 aliphatic rings. The van der Waals surface area contributed by atoms with Crippen LogP contribution in [0.2, 0.25) is 0 Å². The molecule has 3 rings (SSSR count). The third-order valence-corrected chi connectivity index (χ3v) is 6.45. The Labute approximate surface area is 179 Å². The number of amides is 2. The maximum Gasteiger partial charge on any atom is 0.261 e. The van der Waals surface area contributed by atoms with Gasteiger partial charge in [-0.2, -0.15) is 0 Å². The molecule has 0 unspecified atom stereocenters. The molecule has 0 aliphatic carbocycles. The molecule has 2 amide bonds. The number of thiophene rings is 1. The van der Waals surface area contributed by atoms with Gasteiger partial charge in [0.15, 0.2) is 0 Å². The molecule has 1 heterocycles. The topological polar surface area (TPSA) is 104 Å². The summed E-state index contributed by atoms with van der Waals surface area (Å²) in [4.78, 5) is 24.8. The van der Waals surface area contributed by atoms with Crippen molar-refractivity contribution in [2.24, 2.45) is 0 Å².